The zero-order chi connectivity index (χ0) is 15.7. The second-order valence-corrected chi connectivity index (χ2v) is 7.84. The molecule has 3 aliphatic rings. The molecule has 0 saturated carbocycles. The second kappa shape index (κ2) is 6.92. The molecule has 0 bridgehead atoms. The summed E-state index contributed by atoms with van der Waals surface area (Å²) in [6, 6.07) is 2.08. The molecule has 3 heterocycles. The fraction of sp³-hybridized carbons (Fsp3) is 0.895. The van der Waals surface area contributed by atoms with Crippen LogP contribution in [0.5, 0.6) is 0 Å². The van der Waals surface area contributed by atoms with Gasteiger partial charge in [-0.15, -0.1) is 0 Å². The minimum absolute atomic E-state index is 0.637. The van der Waals surface area contributed by atoms with Gasteiger partial charge in [0.2, 0.25) is 0 Å². The normalized spacial score (nSPS) is 35.9. The summed E-state index contributed by atoms with van der Waals surface area (Å²) in [5.41, 5.74) is 3.32. The zero-order valence-corrected chi connectivity index (χ0v) is 15.0. The van der Waals surface area contributed by atoms with E-state index in [1.54, 1.807) is 11.3 Å². The predicted molar refractivity (Wildman–Crippen MR) is 93.9 cm³/mol. The van der Waals surface area contributed by atoms with Gasteiger partial charge in [0, 0.05) is 30.4 Å². The van der Waals surface area contributed by atoms with E-state index in [2.05, 4.69) is 43.2 Å². The van der Waals surface area contributed by atoms with E-state index in [1.165, 1.54) is 51.7 Å². The van der Waals surface area contributed by atoms with Crippen LogP contribution in [0.3, 0.4) is 0 Å². The first-order valence-corrected chi connectivity index (χ1v) is 9.56. The van der Waals surface area contributed by atoms with Crippen LogP contribution in [0.1, 0.15) is 59.8 Å². The highest BCUT2D eigenvalue weighted by molar-refractivity contribution is 5.26. The van der Waals surface area contributed by atoms with Gasteiger partial charge in [-0.3, -0.25) is 4.90 Å². The Morgan fingerprint density at radius 2 is 1.95 bits per heavy atom. The highest BCUT2D eigenvalue weighted by Crippen LogP contribution is 2.38. The fourth-order valence-electron chi connectivity index (χ4n) is 4.95. The van der Waals surface area contributed by atoms with Gasteiger partial charge < -0.3 is 10.6 Å². The van der Waals surface area contributed by atoms with Crippen LogP contribution in [-0.4, -0.2) is 42.7 Å². The molecule has 0 aromatic rings. The molecule has 0 aromatic carbocycles. The van der Waals surface area contributed by atoms with E-state index < -0.39 is 0 Å². The number of hydrogen-bond donors (Lipinski definition) is 2. The average molecular weight is 306 g/mol. The zero-order valence-electron chi connectivity index (χ0n) is 15.0. The van der Waals surface area contributed by atoms with Gasteiger partial charge in [0.25, 0.3) is 0 Å². The minimum atomic E-state index is 0.637. The van der Waals surface area contributed by atoms with Crippen LogP contribution in [0.15, 0.2) is 11.3 Å². The summed E-state index contributed by atoms with van der Waals surface area (Å²) < 4.78 is 0. The number of hydrogen-bond acceptors (Lipinski definition) is 3. The Hall–Kier alpha value is -0.540. The largest absolute Gasteiger partial charge is 0.386 e. The predicted octanol–water partition coefficient (Wildman–Crippen LogP) is 3.13. The Morgan fingerprint density at radius 3 is 2.64 bits per heavy atom. The van der Waals surface area contributed by atoms with Crippen molar-refractivity contribution in [2.24, 2.45) is 11.8 Å². The molecule has 1 saturated heterocycles. The number of piperidine rings is 1. The summed E-state index contributed by atoms with van der Waals surface area (Å²) in [6.07, 6.45) is 6.51. The number of nitrogens with one attached hydrogen (secondary N) is 2. The maximum absolute atomic E-state index is 3.88. The lowest BCUT2D eigenvalue weighted by molar-refractivity contribution is 0.109. The van der Waals surface area contributed by atoms with Crippen LogP contribution >= 0.6 is 0 Å². The molecule has 0 amide bonds. The second-order valence-electron chi connectivity index (χ2n) is 7.84. The van der Waals surface area contributed by atoms with Crippen LogP contribution < -0.4 is 10.6 Å². The van der Waals surface area contributed by atoms with E-state index in [9.17, 15) is 0 Å². The van der Waals surface area contributed by atoms with Gasteiger partial charge in [-0.2, -0.15) is 0 Å². The lowest BCUT2D eigenvalue weighted by Crippen LogP contribution is -2.54. The third kappa shape index (κ3) is 3.07. The van der Waals surface area contributed by atoms with Crippen molar-refractivity contribution in [2.75, 3.05) is 19.6 Å². The Bertz CT molecular complexity index is 411. The summed E-state index contributed by atoms with van der Waals surface area (Å²) >= 11 is 0. The first-order valence-electron chi connectivity index (χ1n) is 9.56. The van der Waals surface area contributed by atoms with Crippen LogP contribution in [0, 0.1) is 11.8 Å². The quantitative estimate of drug-likeness (QED) is 0.839. The fourth-order valence-corrected chi connectivity index (χ4v) is 4.95. The minimum Gasteiger partial charge on any atom is -0.386 e. The Morgan fingerprint density at radius 1 is 1.23 bits per heavy atom. The molecule has 3 rings (SSSR count). The molecule has 0 aromatic heterocycles. The van der Waals surface area contributed by atoms with Crippen molar-refractivity contribution < 1.29 is 0 Å². The Labute approximate surface area is 136 Å². The highest BCUT2D eigenvalue weighted by atomic mass is 15.2. The van der Waals surface area contributed by atoms with E-state index in [0.717, 1.165) is 17.9 Å². The molecule has 1 fully saturated rings. The first-order chi connectivity index (χ1) is 10.6. The van der Waals surface area contributed by atoms with Gasteiger partial charge in [-0.05, 0) is 70.0 Å². The molecule has 0 aliphatic carbocycles. The molecule has 4 atom stereocenters. The molecule has 0 unspecified atom stereocenters. The monoisotopic (exact) mass is 305 g/mol. The van der Waals surface area contributed by atoms with Gasteiger partial charge >= 0.3 is 0 Å². The molecule has 22 heavy (non-hydrogen) atoms. The molecule has 3 aliphatic heterocycles. The van der Waals surface area contributed by atoms with Crippen LogP contribution in [0.4, 0.5) is 0 Å². The maximum Gasteiger partial charge on any atom is 0.0302 e. The van der Waals surface area contributed by atoms with Crippen molar-refractivity contribution >= 4 is 0 Å². The third-order valence-corrected chi connectivity index (χ3v) is 6.66. The van der Waals surface area contributed by atoms with Gasteiger partial charge in [-0.1, -0.05) is 20.3 Å². The van der Waals surface area contributed by atoms with Crippen LogP contribution in [-0.2, 0) is 0 Å². The van der Waals surface area contributed by atoms with Gasteiger partial charge in [-0.25, -0.2) is 0 Å². The number of rotatable bonds is 3. The van der Waals surface area contributed by atoms with Crippen molar-refractivity contribution in [2.45, 2.75) is 77.9 Å². The van der Waals surface area contributed by atoms with Gasteiger partial charge in [0.1, 0.15) is 0 Å². The Balaban J connectivity index is 1.74. The van der Waals surface area contributed by atoms with Crippen molar-refractivity contribution in [3.63, 3.8) is 0 Å². The Kier molecular flexibility index (Phi) is 5.13. The van der Waals surface area contributed by atoms with Crippen LogP contribution in [0.25, 0.3) is 0 Å². The standard InChI is InChI=1S/C19H35N3/c1-5-13(2)17-12-18-15(4)22(16-6-9-20-10-7-16)11-8-19(18)21-14(17)3/h13-17,20-21H,5-12H2,1-4H3/t13-,14+,15-,17-/m1/s1. The van der Waals surface area contributed by atoms with Gasteiger partial charge in [0.05, 0.1) is 0 Å². The van der Waals surface area contributed by atoms with Crippen LogP contribution in [0.2, 0.25) is 0 Å². The molecular weight excluding hydrogens is 270 g/mol. The summed E-state index contributed by atoms with van der Waals surface area (Å²) in [7, 11) is 0. The van der Waals surface area contributed by atoms with E-state index >= 15 is 0 Å². The maximum atomic E-state index is 3.88. The summed E-state index contributed by atoms with van der Waals surface area (Å²) in [5, 5.41) is 7.39. The van der Waals surface area contributed by atoms with E-state index in [-0.39, 0.29) is 0 Å². The van der Waals surface area contributed by atoms with Crippen molar-refractivity contribution in [1.82, 2.24) is 15.5 Å². The van der Waals surface area contributed by atoms with E-state index in [4.69, 9.17) is 0 Å². The first kappa shape index (κ1) is 16.3. The van der Waals surface area contributed by atoms with Crippen molar-refractivity contribution in [1.29, 1.82) is 0 Å². The molecule has 3 heteroatoms. The summed E-state index contributed by atoms with van der Waals surface area (Å²) in [5.74, 6) is 1.62. The highest BCUT2D eigenvalue weighted by Gasteiger charge is 2.37. The lowest BCUT2D eigenvalue weighted by atomic mass is 9.75. The van der Waals surface area contributed by atoms with Crippen molar-refractivity contribution in [3.05, 3.63) is 11.3 Å². The molecular formula is C19H35N3. The van der Waals surface area contributed by atoms with Crippen molar-refractivity contribution in [3.8, 4) is 0 Å². The molecule has 3 nitrogen and oxygen atoms in total. The molecule has 0 spiro atoms. The van der Waals surface area contributed by atoms with E-state index in [0.29, 0.717) is 12.1 Å². The smallest absolute Gasteiger partial charge is 0.0302 e. The third-order valence-electron chi connectivity index (χ3n) is 6.66. The summed E-state index contributed by atoms with van der Waals surface area (Å²) in [4.78, 5) is 2.81. The number of nitrogens with zero attached hydrogens (tertiary/aromatic N) is 1. The SMILES string of the molecule is CC[C@@H](C)[C@H]1CC2=C(CCN(C3CCNCC3)[C@@H]2C)N[C@H]1C. The molecule has 0 radical (unpaired) electrons. The molecule has 126 valence electrons. The van der Waals surface area contributed by atoms with E-state index in [1.807, 2.05) is 0 Å². The molecule has 2 N–H and O–H groups in total. The average Bonchev–Trinajstić information content (AvgIpc) is 2.55. The van der Waals surface area contributed by atoms with Gasteiger partial charge in [0.15, 0.2) is 0 Å². The topological polar surface area (TPSA) is 27.3 Å². The lowest BCUT2D eigenvalue weighted by Gasteiger charge is -2.48. The summed E-state index contributed by atoms with van der Waals surface area (Å²) in [6.45, 7) is 13.3.